The maximum absolute atomic E-state index is 13.1. The summed E-state index contributed by atoms with van der Waals surface area (Å²) in [6.45, 7) is 5.40. The lowest BCUT2D eigenvalue weighted by Gasteiger charge is -2.35. The number of ether oxygens (including phenoxy) is 3. The Kier molecular flexibility index (Phi) is 9.75. The summed E-state index contributed by atoms with van der Waals surface area (Å²) in [6.07, 6.45) is 6.06. The lowest BCUT2D eigenvalue weighted by molar-refractivity contribution is -0.136. The number of imide groups is 2. The molecule has 3 aliphatic rings. The van der Waals surface area contributed by atoms with Crippen LogP contribution in [0, 0.1) is 0 Å². The number of carbonyl (C=O) groups excluding carboxylic acids is 4. The van der Waals surface area contributed by atoms with Gasteiger partial charge in [0.05, 0.1) is 42.9 Å². The van der Waals surface area contributed by atoms with Crippen LogP contribution in [0.2, 0.25) is 0 Å². The average Bonchev–Trinajstić information content (AvgIpc) is 3.40. The molecule has 14 heteroatoms. The number of nitrogens with one attached hydrogen (secondary N) is 1. The number of piperidine rings is 1. The third-order valence-electron chi connectivity index (χ3n) is 10.0. The van der Waals surface area contributed by atoms with E-state index in [9.17, 15) is 24.0 Å². The van der Waals surface area contributed by atoms with Gasteiger partial charge in [-0.25, -0.2) is 0 Å². The lowest BCUT2D eigenvalue weighted by Crippen LogP contribution is -2.54. The zero-order chi connectivity index (χ0) is 36.5. The van der Waals surface area contributed by atoms with Gasteiger partial charge in [0.2, 0.25) is 11.8 Å². The van der Waals surface area contributed by atoms with Gasteiger partial charge >= 0.3 is 0 Å². The van der Waals surface area contributed by atoms with E-state index in [0.717, 1.165) is 66.1 Å². The maximum Gasteiger partial charge on any atom is 0.262 e. The quantitative estimate of drug-likeness (QED) is 0.181. The smallest absolute Gasteiger partial charge is 0.262 e. The zero-order valence-corrected chi connectivity index (χ0v) is 29.3. The molecule has 1 N–H and O–H groups in total. The molecular weight excluding hydrogens is 668 g/mol. The molecule has 0 aliphatic carbocycles. The average molecular weight is 709 g/mol. The van der Waals surface area contributed by atoms with E-state index in [2.05, 4.69) is 20.1 Å². The molecule has 0 spiro atoms. The first-order valence-corrected chi connectivity index (χ1v) is 17.3. The fraction of sp³-hybridized carbons (Fsp3) is 0.368. The first-order valence-electron chi connectivity index (χ1n) is 17.3. The number of nitrogens with zero attached hydrogens (tertiary/aromatic N) is 5. The van der Waals surface area contributed by atoms with Crippen LogP contribution < -0.4 is 25.1 Å². The van der Waals surface area contributed by atoms with Crippen LogP contribution in [0.4, 0.5) is 0 Å². The van der Waals surface area contributed by atoms with E-state index in [-0.39, 0.29) is 29.5 Å². The van der Waals surface area contributed by atoms with Crippen molar-refractivity contribution in [1.29, 1.82) is 0 Å². The molecule has 2 aromatic carbocycles. The molecular formula is C38H40N6O8. The molecule has 52 heavy (non-hydrogen) atoms. The molecule has 270 valence electrons. The van der Waals surface area contributed by atoms with Crippen LogP contribution >= 0.6 is 0 Å². The van der Waals surface area contributed by atoms with Crippen molar-refractivity contribution in [2.45, 2.75) is 31.8 Å². The minimum absolute atomic E-state index is 0.0712. The van der Waals surface area contributed by atoms with Crippen LogP contribution in [0.15, 0.2) is 59.8 Å². The minimum Gasteiger partial charge on any atom is -0.496 e. The number of aromatic nitrogens is 2. The largest absolute Gasteiger partial charge is 0.496 e. The van der Waals surface area contributed by atoms with E-state index in [1.54, 1.807) is 56.4 Å². The van der Waals surface area contributed by atoms with Gasteiger partial charge in [-0.1, -0.05) is 0 Å². The van der Waals surface area contributed by atoms with Crippen LogP contribution in [0.5, 0.6) is 17.2 Å². The van der Waals surface area contributed by atoms with Crippen LogP contribution in [-0.2, 0) is 23.2 Å². The fourth-order valence-corrected chi connectivity index (χ4v) is 7.25. The van der Waals surface area contributed by atoms with Crippen LogP contribution in [0.1, 0.15) is 45.5 Å². The number of methoxy groups -OCH3 is 2. The molecule has 14 nitrogen and oxygen atoms in total. The number of aryl methyl sites for hydroxylation is 1. The zero-order valence-electron chi connectivity index (χ0n) is 29.3. The SMILES string of the molecule is COc1cc(-c2cn(C)c(=O)c3cnccc23)cc(OC)c1CN1CCN(CCCOc2ccc3c(c2)C(=O)N(C2CCC(=O)NC2=O)C3=O)CC1. The number of pyridine rings is 2. The molecule has 2 aromatic heterocycles. The van der Waals surface area contributed by atoms with Gasteiger partial charge in [-0.05, 0) is 60.2 Å². The van der Waals surface area contributed by atoms with Crippen molar-refractivity contribution < 1.29 is 33.4 Å². The van der Waals surface area contributed by atoms with E-state index < -0.39 is 29.7 Å². The van der Waals surface area contributed by atoms with E-state index in [1.807, 2.05) is 24.4 Å². The number of amides is 4. The second kappa shape index (κ2) is 14.6. The van der Waals surface area contributed by atoms with Crippen molar-refractivity contribution in [2.75, 3.05) is 53.6 Å². The highest BCUT2D eigenvalue weighted by Crippen LogP contribution is 2.38. The second-order valence-corrected chi connectivity index (χ2v) is 13.2. The van der Waals surface area contributed by atoms with Gasteiger partial charge in [-0.3, -0.25) is 44.1 Å². The summed E-state index contributed by atoms with van der Waals surface area (Å²) in [6, 6.07) is 9.61. The first kappa shape index (κ1) is 34.8. The lowest BCUT2D eigenvalue weighted by atomic mass is 9.99. The van der Waals surface area contributed by atoms with Gasteiger partial charge in [-0.2, -0.15) is 0 Å². The van der Waals surface area contributed by atoms with Gasteiger partial charge in [0, 0.05) is 76.9 Å². The van der Waals surface area contributed by atoms with E-state index in [0.29, 0.717) is 35.8 Å². The summed E-state index contributed by atoms with van der Waals surface area (Å²) in [5.41, 5.74) is 3.04. The number of fused-ring (bicyclic) bond motifs is 2. The fourth-order valence-electron chi connectivity index (χ4n) is 7.25. The van der Waals surface area contributed by atoms with E-state index >= 15 is 0 Å². The van der Waals surface area contributed by atoms with E-state index in [4.69, 9.17) is 14.2 Å². The van der Waals surface area contributed by atoms with Gasteiger partial charge in [0.25, 0.3) is 17.4 Å². The molecule has 2 fully saturated rings. The van der Waals surface area contributed by atoms with Crippen molar-refractivity contribution >= 4 is 34.4 Å². The standard InChI is InChI=1S/C38H40N6O8/c1-41-21-29(25-9-10-39-20-28(25)36(41)47)23-17-32(50-2)30(33(18-23)51-3)22-43-14-12-42(13-15-43)11-4-16-52-24-5-6-26-27(19-24)38(49)44(37(26)48)31-7-8-34(45)40-35(31)46/h5-6,9-10,17-21,31H,4,7-8,11-16,22H2,1-3H3,(H,40,45,46). The highest BCUT2D eigenvalue weighted by Gasteiger charge is 2.44. The maximum atomic E-state index is 13.1. The highest BCUT2D eigenvalue weighted by atomic mass is 16.5. The summed E-state index contributed by atoms with van der Waals surface area (Å²) in [7, 11) is 5.04. The molecule has 1 atom stereocenters. The molecule has 0 bridgehead atoms. The normalized spacial score (nSPS) is 18.1. The summed E-state index contributed by atoms with van der Waals surface area (Å²) in [5.74, 6) is -0.237. The third kappa shape index (κ3) is 6.62. The molecule has 7 rings (SSSR count). The number of hydrogen-bond donors (Lipinski definition) is 1. The Morgan fingerprint density at radius 1 is 0.846 bits per heavy atom. The molecule has 1 unspecified atom stereocenters. The summed E-state index contributed by atoms with van der Waals surface area (Å²) in [4.78, 5) is 72.6. The number of carbonyl (C=O) groups is 4. The van der Waals surface area contributed by atoms with Crippen LogP contribution in [0.25, 0.3) is 21.9 Å². The van der Waals surface area contributed by atoms with Crippen molar-refractivity contribution in [2.24, 2.45) is 7.05 Å². The summed E-state index contributed by atoms with van der Waals surface area (Å²) in [5, 5.41) is 3.57. The molecule has 4 amide bonds. The second-order valence-electron chi connectivity index (χ2n) is 13.2. The Labute approximate surface area is 299 Å². The molecule has 4 aromatic rings. The Morgan fingerprint density at radius 2 is 1.56 bits per heavy atom. The van der Waals surface area contributed by atoms with Gasteiger partial charge in [0.15, 0.2) is 0 Å². The Balaban J connectivity index is 0.927. The first-order chi connectivity index (χ1) is 25.2. The number of benzene rings is 2. The predicted molar refractivity (Wildman–Crippen MR) is 190 cm³/mol. The van der Waals surface area contributed by atoms with Crippen molar-refractivity contribution in [3.63, 3.8) is 0 Å². The monoisotopic (exact) mass is 708 g/mol. The van der Waals surface area contributed by atoms with Crippen molar-refractivity contribution in [3.05, 3.63) is 82.0 Å². The predicted octanol–water partition coefficient (Wildman–Crippen LogP) is 2.61. The molecule has 5 heterocycles. The minimum atomic E-state index is -1.00. The Morgan fingerprint density at radius 3 is 2.27 bits per heavy atom. The Bertz CT molecular complexity index is 2110. The number of piperazine rings is 1. The number of rotatable bonds is 11. The van der Waals surface area contributed by atoms with Gasteiger partial charge in [-0.15, -0.1) is 0 Å². The summed E-state index contributed by atoms with van der Waals surface area (Å²) >= 11 is 0. The van der Waals surface area contributed by atoms with Gasteiger partial charge in [0.1, 0.15) is 23.3 Å². The van der Waals surface area contributed by atoms with Crippen LogP contribution in [0.3, 0.4) is 0 Å². The Hall–Kier alpha value is -5.60. The van der Waals surface area contributed by atoms with Crippen molar-refractivity contribution in [3.8, 4) is 28.4 Å². The summed E-state index contributed by atoms with van der Waals surface area (Å²) < 4.78 is 19.3. The third-order valence-corrected chi connectivity index (χ3v) is 10.0. The van der Waals surface area contributed by atoms with Crippen molar-refractivity contribution in [1.82, 2.24) is 29.6 Å². The topological polar surface area (TPSA) is 153 Å². The van der Waals surface area contributed by atoms with Gasteiger partial charge < -0.3 is 23.7 Å². The van der Waals surface area contributed by atoms with E-state index in [1.165, 1.54) is 0 Å². The molecule has 3 aliphatic heterocycles. The number of hydrogen-bond acceptors (Lipinski definition) is 11. The molecule has 0 radical (unpaired) electrons. The molecule has 2 saturated heterocycles. The van der Waals surface area contributed by atoms with Crippen LogP contribution in [-0.4, -0.2) is 107 Å². The highest BCUT2D eigenvalue weighted by molar-refractivity contribution is 6.23. The molecule has 0 saturated carbocycles.